The number of likely N-dealkylation sites (tertiary alicyclic amines) is 1. The SMILES string of the molecule is CC(C(=O)Nc1ccc(C(C)(C)C)cc1)N1CCC(C(=O)O)CC1.Cl. The van der Waals surface area contributed by atoms with Crippen molar-refractivity contribution >= 4 is 30.0 Å². The summed E-state index contributed by atoms with van der Waals surface area (Å²) in [6, 6.07) is 7.68. The van der Waals surface area contributed by atoms with Crippen molar-refractivity contribution in [2.75, 3.05) is 18.4 Å². The van der Waals surface area contributed by atoms with Crippen LogP contribution >= 0.6 is 12.4 Å². The molecule has 2 N–H and O–H groups in total. The fourth-order valence-electron chi connectivity index (χ4n) is 3.00. The third-order valence-corrected chi connectivity index (χ3v) is 4.82. The number of carbonyl (C=O) groups excluding carboxylic acids is 1. The highest BCUT2D eigenvalue weighted by Crippen LogP contribution is 2.24. The highest BCUT2D eigenvalue weighted by atomic mass is 35.5. The second kappa shape index (κ2) is 8.68. The Morgan fingerprint density at radius 2 is 1.68 bits per heavy atom. The third-order valence-electron chi connectivity index (χ3n) is 4.82. The Bertz CT molecular complexity index is 588. The van der Waals surface area contributed by atoms with Gasteiger partial charge in [-0.15, -0.1) is 12.4 Å². The van der Waals surface area contributed by atoms with Gasteiger partial charge in [0.05, 0.1) is 12.0 Å². The first kappa shape index (κ1) is 21.5. The van der Waals surface area contributed by atoms with E-state index in [4.69, 9.17) is 5.11 Å². The first-order valence-electron chi connectivity index (χ1n) is 8.57. The van der Waals surface area contributed by atoms with E-state index in [1.165, 1.54) is 5.56 Å². The summed E-state index contributed by atoms with van der Waals surface area (Å²) in [7, 11) is 0. The molecule has 1 aromatic carbocycles. The van der Waals surface area contributed by atoms with Gasteiger partial charge in [0.25, 0.3) is 0 Å². The maximum atomic E-state index is 12.4. The quantitative estimate of drug-likeness (QED) is 0.852. The van der Waals surface area contributed by atoms with E-state index in [1.807, 2.05) is 31.2 Å². The minimum Gasteiger partial charge on any atom is -0.481 e. The summed E-state index contributed by atoms with van der Waals surface area (Å²) in [4.78, 5) is 25.5. The number of anilines is 1. The molecule has 1 atom stereocenters. The topological polar surface area (TPSA) is 69.6 Å². The van der Waals surface area contributed by atoms with Gasteiger partial charge in [0.1, 0.15) is 0 Å². The first-order valence-corrected chi connectivity index (χ1v) is 8.57. The minimum absolute atomic E-state index is 0. The Balaban J connectivity index is 0.00000312. The molecule has 0 saturated carbocycles. The normalized spacial score (nSPS) is 17.4. The second-order valence-corrected chi connectivity index (χ2v) is 7.64. The number of aliphatic carboxylic acids is 1. The van der Waals surface area contributed by atoms with Gasteiger partial charge in [-0.3, -0.25) is 14.5 Å². The number of benzene rings is 1. The molecule has 1 aliphatic rings. The van der Waals surface area contributed by atoms with Crippen molar-refractivity contribution < 1.29 is 14.7 Å². The highest BCUT2D eigenvalue weighted by Gasteiger charge is 2.29. The number of hydrogen-bond donors (Lipinski definition) is 2. The number of nitrogens with one attached hydrogen (secondary N) is 1. The molecule has 5 nitrogen and oxygen atoms in total. The molecule has 6 heteroatoms. The molecule has 1 saturated heterocycles. The van der Waals surface area contributed by atoms with Crippen LogP contribution in [0.1, 0.15) is 46.1 Å². The summed E-state index contributed by atoms with van der Waals surface area (Å²) < 4.78 is 0. The van der Waals surface area contributed by atoms with Crippen LogP contribution in [0.15, 0.2) is 24.3 Å². The zero-order valence-electron chi connectivity index (χ0n) is 15.4. The van der Waals surface area contributed by atoms with E-state index < -0.39 is 5.97 Å². The molecule has 0 aromatic heterocycles. The van der Waals surface area contributed by atoms with E-state index in [-0.39, 0.29) is 35.7 Å². The van der Waals surface area contributed by atoms with Crippen molar-refractivity contribution in [3.63, 3.8) is 0 Å². The Labute approximate surface area is 156 Å². The molecule has 0 aliphatic carbocycles. The Morgan fingerprint density at radius 1 is 1.16 bits per heavy atom. The van der Waals surface area contributed by atoms with E-state index >= 15 is 0 Å². The summed E-state index contributed by atoms with van der Waals surface area (Å²) in [5, 5.41) is 12.0. The van der Waals surface area contributed by atoms with Gasteiger partial charge < -0.3 is 10.4 Å². The van der Waals surface area contributed by atoms with Gasteiger partial charge in [-0.2, -0.15) is 0 Å². The zero-order valence-corrected chi connectivity index (χ0v) is 16.2. The van der Waals surface area contributed by atoms with Crippen molar-refractivity contribution in [1.29, 1.82) is 0 Å². The van der Waals surface area contributed by atoms with Crippen molar-refractivity contribution in [1.82, 2.24) is 4.90 Å². The van der Waals surface area contributed by atoms with E-state index in [9.17, 15) is 9.59 Å². The lowest BCUT2D eigenvalue weighted by atomic mass is 9.87. The summed E-state index contributed by atoms with van der Waals surface area (Å²) in [5.41, 5.74) is 2.11. The van der Waals surface area contributed by atoms with Crippen LogP contribution in [0.3, 0.4) is 0 Å². The molecule has 2 rings (SSSR count). The number of hydrogen-bond acceptors (Lipinski definition) is 3. The van der Waals surface area contributed by atoms with Gasteiger partial charge in [0, 0.05) is 5.69 Å². The van der Waals surface area contributed by atoms with E-state index in [1.54, 1.807) is 0 Å². The summed E-state index contributed by atoms with van der Waals surface area (Å²) in [5.74, 6) is -1.06. The molecule has 25 heavy (non-hydrogen) atoms. The van der Waals surface area contributed by atoms with Crippen LogP contribution in [0.5, 0.6) is 0 Å². The van der Waals surface area contributed by atoms with Gasteiger partial charge in [-0.05, 0) is 56.0 Å². The number of amides is 1. The van der Waals surface area contributed by atoms with Crippen LogP contribution in [0, 0.1) is 5.92 Å². The molecular formula is C19H29ClN2O3. The highest BCUT2D eigenvalue weighted by molar-refractivity contribution is 5.94. The lowest BCUT2D eigenvalue weighted by Gasteiger charge is -2.33. The van der Waals surface area contributed by atoms with Crippen LogP contribution in [0.25, 0.3) is 0 Å². The Morgan fingerprint density at radius 3 is 2.12 bits per heavy atom. The zero-order chi connectivity index (χ0) is 17.9. The number of rotatable bonds is 4. The number of nitrogens with zero attached hydrogens (tertiary/aromatic N) is 1. The van der Waals surface area contributed by atoms with Gasteiger partial charge in [0.15, 0.2) is 0 Å². The van der Waals surface area contributed by atoms with Gasteiger partial charge in [-0.25, -0.2) is 0 Å². The maximum absolute atomic E-state index is 12.4. The number of carboxylic acid groups (broad SMARTS) is 1. The third kappa shape index (κ3) is 5.72. The molecule has 1 heterocycles. The molecule has 0 bridgehead atoms. The maximum Gasteiger partial charge on any atom is 0.306 e. The summed E-state index contributed by atoms with van der Waals surface area (Å²) in [6.45, 7) is 9.64. The van der Waals surface area contributed by atoms with Gasteiger partial charge in [0.2, 0.25) is 5.91 Å². The average Bonchev–Trinajstić information content (AvgIpc) is 2.54. The summed E-state index contributed by atoms with van der Waals surface area (Å²) >= 11 is 0. The molecule has 1 fully saturated rings. The standard InChI is InChI=1S/C19H28N2O3.ClH/c1-13(21-11-9-14(10-12-21)18(23)24)17(22)20-16-7-5-15(6-8-16)19(2,3)4;/h5-8,13-14H,9-12H2,1-4H3,(H,20,22)(H,23,24);1H. The smallest absolute Gasteiger partial charge is 0.306 e. The lowest BCUT2D eigenvalue weighted by molar-refractivity contribution is -0.143. The Hall–Kier alpha value is -1.59. The fraction of sp³-hybridized carbons (Fsp3) is 0.579. The van der Waals surface area contributed by atoms with Gasteiger partial charge >= 0.3 is 5.97 Å². The van der Waals surface area contributed by atoms with E-state index in [0.717, 1.165) is 5.69 Å². The number of halogens is 1. The number of carboxylic acids is 1. The number of piperidine rings is 1. The van der Waals surface area contributed by atoms with Crippen LogP contribution < -0.4 is 5.32 Å². The first-order chi connectivity index (χ1) is 11.2. The van der Waals surface area contributed by atoms with Crippen molar-refractivity contribution in [2.24, 2.45) is 5.92 Å². The Kier molecular flexibility index (Phi) is 7.44. The minimum atomic E-state index is -0.731. The lowest BCUT2D eigenvalue weighted by Crippen LogP contribution is -2.46. The van der Waals surface area contributed by atoms with Crippen LogP contribution in [-0.2, 0) is 15.0 Å². The molecule has 0 spiro atoms. The fourth-order valence-corrected chi connectivity index (χ4v) is 3.00. The van der Waals surface area contributed by atoms with Crippen molar-refractivity contribution in [3.8, 4) is 0 Å². The van der Waals surface area contributed by atoms with Crippen molar-refractivity contribution in [3.05, 3.63) is 29.8 Å². The molecule has 1 aromatic rings. The predicted octanol–water partition coefficient (Wildman–Crippen LogP) is 3.53. The van der Waals surface area contributed by atoms with Crippen LogP contribution in [-0.4, -0.2) is 41.0 Å². The predicted molar refractivity (Wildman–Crippen MR) is 102 cm³/mol. The monoisotopic (exact) mass is 368 g/mol. The summed E-state index contributed by atoms with van der Waals surface area (Å²) in [6.07, 6.45) is 1.21. The molecule has 140 valence electrons. The number of carbonyl (C=O) groups is 2. The van der Waals surface area contributed by atoms with E-state index in [2.05, 4.69) is 31.0 Å². The molecule has 1 amide bonds. The largest absolute Gasteiger partial charge is 0.481 e. The van der Waals surface area contributed by atoms with E-state index in [0.29, 0.717) is 25.9 Å². The van der Waals surface area contributed by atoms with Gasteiger partial charge in [-0.1, -0.05) is 32.9 Å². The van der Waals surface area contributed by atoms with Crippen LogP contribution in [0.2, 0.25) is 0 Å². The molecule has 0 radical (unpaired) electrons. The molecule has 1 unspecified atom stereocenters. The van der Waals surface area contributed by atoms with Crippen molar-refractivity contribution in [2.45, 2.75) is 52.0 Å². The molecular weight excluding hydrogens is 340 g/mol. The second-order valence-electron chi connectivity index (χ2n) is 7.64. The van der Waals surface area contributed by atoms with Crippen LogP contribution in [0.4, 0.5) is 5.69 Å². The molecule has 1 aliphatic heterocycles. The average molecular weight is 369 g/mol.